The van der Waals surface area contributed by atoms with Crippen molar-refractivity contribution in [2.24, 2.45) is 0 Å². The summed E-state index contributed by atoms with van der Waals surface area (Å²) in [6.07, 6.45) is 1.96. The van der Waals surface area contributed by atoms with Crippen LogP contribution in [0.5, 0.6) is 0 Å². The number of ether oxygens (including phenoxy) is 1. The number of fused-ring (bicyclic) bond motifs is 1. The van der Waals surface area contributed by atoms with Gasteiger partial charge in [-0.3, -0.25) is 9.59 Å². The highest BCUT2D eigenvalue weighted by Gasteiger charge is 2.18. The third kappa shape index (κ3) is 4.24. The van der Waals surface area contributed by atoms with Crippen molar-refractivity contribution in [3.05, 3.63) is 53.6 Å². The van der Waals surface area contributed by atoms with Crippen molar-refractivity contribution in [3.63, 3.8) is 0 Å². The van der Waals surface area contributed by atoms with E-state index in [-0.39, 0.29) is 18.3 Å². The molecule has 5 nitrogen and oxygen atoms in total. The predicted molar refractivity (Wildman–Crippen MR) is 98.6 cm³/mol. The summed E-state index contributed by atoms with van der Waals surface area (Å²) in [6.45, 7) is -0.324. The fourth-order valence-corrected chi connectivity index (χ4v) is 3.48. The van der Waals surface area contributed by atoms with E-state index in [0.29, 0.717) is 22.6 Å². The molecule has 0 atom stereocenters. The smallest absolute Gasteiger partial charge is 0.338 e. The van der Waals surface area contributed by atoms with Crippen molar-refractivity contribution in [2.45, 2.75) is 9.79 Å². The molecule has 1 amide bonds. The van der Waals surface area contributed by atoms with E-state index < -0.39 is 5.97 Å². The van der Waals surface area contributed by atoms with Crippen LogP contribution in [0.15, 0.2) is 52.3 Å². The summed E-state index contributed by atoms with van der Waals surface area (Å²) in [5, 5.41) is 2.72. The van der Waals surface area contributed by atoms with Gasteiger partial charge in [0.05, 0.1) is 17.0 Å². The Bertz CT molecular complexity index is 833. The second-order valence-electron chi connectivity index (χ2n) is 5.28. The molecule has 1 N–H and O–H groups in total. The number of ketones is 1. The van der Waals surface area contributed by atoms with Gasteiger partial charge in [0.1, 0.15) is 0 Å². The Kier molecular flexibility index (Phi) is 5.45. The third-order valence-electron chi connectivity index (χ3n) is 3.59. The molecule has 7 heteroatoms. The third-order valence-corrected chi connectivity index (χ3v) is 5.41. The first-order chi connectivity index (χ1) is 12.1. The maximum Gasteiger partial charge on any atom is 0.338 e. The van der Waals surface area contributed by atoms with Crippen LogP contribution in [0.3, 0.4) is 0 Å². The summed E-state index contributed by atoms with van der Waals surface area (Å²) in [7, 11) is 0. The van der Waals surface area contributed by atoms with E-state index in [4.69, 9.17) is 4.74 Å². The Morgan fingerprint density at radius 1 is 1.16 bits per heavy atom. The van der Waals surface area contributed by atoms with Crippen molar-refractivity contribution >= 4 is 46.9 Å². The van der Waals surface area contributed by atoms with Gasteiger partial charge in [-0.15, -0.1) is 23.5 Å². The zero-order chi connectivity index (χ0) is 17.8. The number of nitrogens with one attached hydrogen (secondary N) is 1. The number of hydrogen-bond donors (Lipinski definition) is 1. The minimum Gasteiger partial charge on any atom is -0.454 e. The Morgan fingerprint density at radius 2 is 1.88 bits per heavy atom. The van der Waals surface area contributed by atoms with Crippen LogP contribution in [-0.4, -0.2) is 36.3 Å². The lowest BCUT2D eigenvalue weighted by Gasteiger charge is -2.16. The molecule has 0 saturated carbocycles. The van der Waals surface area contributed by atoms with Crippen molar-refractivity contribution in [1.29, 1.82) is 0 Å². The zero-order valence-corrected chi connectivity index (χ0v) is 15.0. The number of amides is 1. The Hall–Kier alpha value is -2.25. The molecule has 0 aromatic heterocycles. The average Bonchev–Trinajstić information content (AvgIpc) is 2.65. The van der Waals surface area contributed by atoms with E-state index in [2.05, 4.69) is 5.32 Å². The number of thioether (sulfide) groups is 2. The molecular formula is C18H15NO4S2. The molecule has 25 heavy (non-hydrogen) atoms. The number of benzene rings is 2. The summed E-state index contributed by atoms with van der Waals surface area (Å²) in [6, 6.07) is 12.1. The number of carbonyl (C=O) groups is 3. The predicted octanol–water partition coefficient (Wildman–Crippen LogP) is 3.49. The van der Waals surface area contributed by atoms with Gasteiger partial charge < -0.3 is 10.1 Å². The molecule has 2 aromatic carbocycles. The molecule has 0 unspecified atom stereocenters. The monoisotopic (exact) mass is 373 g/mol. The second-order valence-corrected chi connectivity index (χ2v) is 7.17. The van der Waals surface area contributed by atoms with E-state index in [1.165, 1.54) is 11.8 Å². The first kappa shape index (κ1) is 17.6. The lowest BCUT2D eigenvalue weighted by atomic mass is 10.1. The van der Waals surface area contributed by atoms with E-state index in [9.17, 15) is 14.4 Å². The standard InChI is InChI=1S/C18H15NO4S2/c1-24-13-5-2-11(3-6-13)15(20)9-23-18(22)12-4-7-16-14(8-12)19-17(21)10-25-16/h2-8H,9-10H2,1H3,(H,19,21). The maximum absolute atomic E-state index is 12.2. The molecule has 1 aliphatic heterocycles. The van der Waals surface area contributed by atoms with Crippen LogP contribution in [0, 0.1) is 0 Å². The van der Waals surface area contributed by atoms with Crippen LogP contribution in [0.1, 0.15) is 20.7 Å². The Balaban J connectivity index is 1.63. The van der Waals surface area contributed by atoms with Crippen LogP contribution < -0.4 is 5.32 Å². The van der Waals surface area contributed by atoms with Gasteiger partial charge >= 0.3 is 5.97 Å². The van der Waals surface area contributed by atoms with Gasteiger partial charge in [-0.2, -0.15) is 0 Å². The molecule has 3 rings (SSSR count). The second kappa shape index (κ2) is 7.76. The quantitative estimate of drug-likeness (QED) is 0.491. The first-order valence-electron chi connectivity index (χ1n) is 7.48. The average molecular weight is 373 g/mol. The normalized spacial score (nSPS) is 12.9. The van der Waals surface area contributed by atoms with Gasteiger partial charge in [-0.1, -0.05) is 12.1 Å². The minimum absolute atomic E-state index is 0.105. The highest BCUT2D eigenvalue weighted by atomic mass is 32.2. The number of anilines is 1. The van der Waals surface area contributed by atoms with Crippen molar-refractivity contribution < 1.29 is 19.1 Å². The van der Waals surface area contributed by atoms with Crippen LogP contribution in [0.25, 0.3) is 0 Å². The number of carbonyl (C=O) groups excluding carboxylic acids is 3. The van der Waals surface area contributed by atoms with Gasteiger partial charge in [-0.05, 0) is 36.6 Å². The molecule has 1 aliphatic rings. The van der Waals surface area contributed by atoms with E-state index in [1.54, 1.807) is 42.1 Å². The van der Waals surface area contributed by atoms with Crippen LogP contribution >= 0.6 is 23.5 Å². The highest BCUT2D eigenvalue weighted by molar-refractivity contribution is 8.00. The molecule has 0 bridgehead atoms. The number of Topliss-reactive ketones (excluding diaryl/α,β-unsaturated/α-hetero) is 1. The molecular weight excluding hydrogens is 358 g/mol. The Labute approximate surface area is 153 Å². The summed E-state index contributed by atoms with van der Waals surface area (Å²) < 4.78 is 5.11. The first-order valence-corrected chi connectivity index (χ1v) is 9.69. The maximum atomic E-state index is 12.2. The van der Waals surface area contributed by atoms with Crippen molar-refractivity contribution in [2.75, 3.05) is 23.9 Å². The fourth-order valence-electron chi connectivity index (χ4n) is 2.28. The molecule has 1 heterocycles. The lowest BCUT2D eigenvalue weighted by molar-refractivity contribution is -0.113. The molecule has 2 aromatic rings. The molecule has 0 aliphatic carbocycles. The topological polar surface area (TPSA) is 72.5 Å². The van der Waals surface area contributed by atoms with Crippen molar-refractivity contribution in [3.8, 4) is 0 Å². The largest absolute Gasteiger partial charge is 0.454 e. The molecule has 0 radical (unpaired) electrons. The summed E-state index contributed by atoms with van der Waals surface area (Å²) in [4.78, 5) is 37.7. The Morgan fingerprint density at radius 3 is 2.60 bits per heavy atom. The van der Waals surface area contributed by atoms with Gasteiger partial charge in [0.15, 0.2) is 12.4 Å². The van der Waals surface area contributed by atoms with Gasteiger partial charge in [0.25, 0.3) is 0 Å². The fraction of sp³-hybridized carbons (Fsp3) is 0.167. The number of esters is 1. The summed E-state index contributed by atoms with van der Waals surface area (Å²) in [5.74, 6) is -0.600. The number of rotatable bonds is 5. The minimum atomic E-state index is -0.596. The molecule has 128 valence electrons. The molecule has 0 fully saturated rings. The van der Waals surface area contributed by atoms with E-state index in [0.717, 1.165) is 9.79 Å². The summed E-state index contributed by atoms with van der Waals surface area (Å²) >= 11 is 3.00. The molecule has 0 spiro atoms. The summed E-state index contributed by atoms with van der Waals surface area (Å²) in [5.41, 5.74) is 1.39. The highest BCUT2D eigenvalue weighted by Crippen LogP contribution is 2.32. The number of hydrogen-bond acceptors (Lipinski definition) is 6. The van der Waals surface area contributed by atoms with Crippen LogP contribution in [-0.2, 0) is 9.53 Å². The van der Waals surface area contributed by atoms with Crippen LogP contribution in [0.2, 0.25) is 0 Å². The van der Waals surface area contributed by atoms with Gasteiger partial charge in [-0.25, -0.2) is 4.79 Å². The van der Waals surface area contributed by atoms with E-state index >= 15 is 0 Å². The van der Waals surface area contributed by atoms with E-state index in [1.807, 2.05) is 18.4 Å². The lowest BCUT2D eigenvalue weighted by Crippen LogP contribution is -2.19. The van der Waals surface area contributed by atoms with Gasteiger partial charge in [0.2, 0.25) is 5.91 Å². The SMILES string of the molecule is CSc1ccc(C(=O)COC(=O)c2ccc3c(c2)NC(=O)CS3)cc1. The zero-order valence-electron chi connectivity index (χ0n) is 13.4. The van der Waals surface area contributed by atoms with Gasteiger partial charge in [0, 0.05) is 15.4 Å². The van der Waals surface area contributed by atoms with Crippen molar-refractivity contribution in [1.82, 2.24) is 0 Å². The van der Waals surface area contributed by atoms with Crippen LogP contribution in [0.4, 0.5) is 5.69 Å². The molecule has 0 saturated heterocycles.